The van der Waals surface area contributed by atoms with Crippen molar-refractivity contribution in [3.05, 3.63) is 34.3 Å². The molecule has 1 aromatic carbocycles. The smallest absolute Gasteiger partial charge is 0.315 e. The third-order valence-electron chi connectivity index (χ3n) is 3.16. The first-order valence-corrected chi connectivity index (χ1v) is 7.59. The molecule has 0 aromatic heterocycles. The van der Waals surface area contributed by atoms with Gasteiger partial charge in [0.1, 0.15) is 0 Å². The summed E-state index contributed by atoms with van der Waals surface area (Å²) in [4.78, 5) is 14.0. The fourth-order valence-electron chi connectivity index (χ4n) is 2.04. The lowest BCUT2D eigenvalue weighted by Crippen LogP contribution is -2.43. The van der Waals surface area contributed by atoms with Crippen LogP contribution in [0.2, 0.25) is 0 Å². The van der Waals surface area contributed by atoms with E-state index in [4.69, 9.17) is 4.74 Å². The molecule has 110 valence electrons. The quantitative estimate of drug-likeness (QED) is 0.854. The largest absolute Gasteiger partial charge is 0.379 e. The molecule has 5 nitrogen and oxygen atoms in total. The number of carbonyl (C=O) groups is 1. The van der Waals surface area contributed by atoms with Crippen molar-refractivity contribution in [1.29, 1.82) is 0 Å². The maximum atomic E-state index is 11.7. The predicted octanol–water partition coefficient (Wildman–Crippen LogP) is 1.58. The number of rotatable bonds is 5. The monoisotopic (exact) mass is 341 g/mol. The summed E-state index contributed by atoms with van der Waals surface area (Å²) in [6.07, 6.45) is 0. The van der Waals surface area contributed by atoms with Crippen LogP contribution in [0.5, 0.6) is 0 Å². The van der Waals surface area contributed by atoms with Crippen molar-refractivity contribution in [2.24, 2.45) is 0 Å². The van der Waals surface area contributed by atoms with E-state index in [-0.39, 0.29) is 6.03 Å². The van der Waals surface area contributed by atoms with Gasteiger partial charge < -0.3 is 15.4 Å². The SMILES string of the molecule is O=C(NCCN1CCOCC1)NCc1cccc(Br)c1. The van der Waals surface area contributed by atoms with E-state index in [1.54, 1.807) is 0 Å². The van der Waals surface area contributed by atoms with Gasteiger partial charge in [0.25, 0.3) is 0 Å². The molecular weight excluding hydrogens is 322 g/mol. The molecule has 0 saturated carbocycles. The van der Waals surface area contributed by atoms with Crippen molar-refractivity contribution in [3.8, 4) is 0 Å². The predicted molar refractivity (Wildman–Crippen MR) is 81.6 cm³/mol. The third-order valence-corrected chi connectivity index (χ3v) is 3.65. The lowest BCUT2D eigenvalue weighted by atomic mass is 10.2. The van der Waals surface area contributed by atoms with E-state index in [0.29, 0.717) is 13.1 Å². The van der Waals surface area contributed by atoms with Crippen molar-refractivity contribution in [1.82, 2.24) is 15.5 Å². The Hall–Kier alpha value is -1.11. The molecule has 1 heterocycles. The molecule has 0 aliphatic carbocycles. The Kier molecular flexibility index (Phi) is 6.29. The van der Waals surface area contributed by atoms with E-state index in [1.807, 2.05) is 24.3 Å². The van der Waals surface area contributed by atoms with E-state index < -0.39 is 0 Å². The number of carbonyl (C=O) groups excluding carboxylic acids is 1. The maximum absolute atomic E-state index is 11.7. The average Bonchev–Trinajstić information content (AvgIpc) is 2.46. The molecule has 1 aromatic rings. The van der Waals surface area contributed by atoms with Crippen LogP contribution in [0.1, 0.15) is 5.56 Å². The summed E-state index contributed by atoms with van der Waals surface area (Å²) >= 11 is 3.41. The van der Waals surface area contributed by atoms with Gasteiger partial charge >= 0.3 is 6.03 Å². The van der Waals surface area contributed by atoms with Gasteiger partial charge in [0.15, 0.2) is 0 Å². The standard InChI is InChI=1S/C14H20BrN3O2/c15-13-3-1-2-12(10-13)11-17-14(19)16-4-5-18-6-8-20-9-7-18/h1-3,10H,4-9,11H2,(H2,16,17,19). The fraction of sp³-hybridized carbons (Fsp3) is 0.500. The molecule has 2 amide bonds. The second-order valence-corrected chi connectivity index (χ2v) is 5.61. The highest BCUT2D eigenvalue weighted by Gasteiger charge is 2.09. The molecule has 2 rings (SSSR count). The maximum Gasteiger partial charge on any atom is 0.315 e. The van der Waals surface area contributed by atoms with E-state index in [0.717, 1.165) is 42.9 Å². The summed E-state index contributed by atoms with van der Waals surface area (Å²) < 4.78 is 6.30. The number of ether oxygens (including phenoxy) is 1. The summed E-state index contributed by atoms with van der Waals surface area (Å²) in [6, 6.07) is 7.77. The summed E-state index contributed by atoms with van der Waals surface area (Å²) in [5, 5.41) is 5.72. The number of morpholine rings is 1. The van der Waals surface area contributed by atoms with Gasteiger partial charge in [0, 0.05) is 37.2 Å². The Labute approximate surface area is 127 Å². The van der Waals surface area contributed by atoms with Gasteiger partial charge in [0.05, 0.1) is 13.2 Å². The molecule has 6 heteroatoms. The van der Waals surface area contributed by atoms with Gasteiger partial charge in [-0.15, -0.1) is 0 Å². The first kappa shape index (κ1) is 15.3. The van der Waals surface area contributed by atoms with Crippen LogP contribution in [0, 0.1) is 0 Å². The molecule has 0 spiro atoms. The normalized spacial score (nSPS) is 15.8. The van der Waals surface area contributed by atoms with E-state index in [1.165, 1.54) is 0 Å². The minimum absolute atomic E-state index is 0.127. The number of amides is 2. The van der Waals surface area contributed by atoms with Gasteiger partial charge in [-0.1, -0.05) is 28.1 Å². The highest BCUT2D eigenvalue weighted by atomic mass is 79.9. The minimum atomic E-state index is -0.127. The Morgan fingerprint density at radius 3 is 2.85 bits per heavy atom. The van der Waals surface area contributed by atoms with Gasteiger partial charge in [-0.2, -0.15) is 0 Å². The molecule has 20 heavy (non-hydrogen) atoms. The topological polar surface area (TPSA) is 53.6 Å². The van der Waals surface area contributed by atoms with E-state index >= 15 is 0 Å². The summed E-state index contributed by atoms with van der Waals surface area (Å²) in [7, 11) is 0. The molecule has 0 radical (unpaired) electrons. The third kappa shape index (κ3) is 5.48. The molecule has 0 bridgehead atoms. The van der Waals surface area contributed by atoms with Crippen LogP contribution in [0.4, 0.5) is 4.79 Å². The van der Waals surface area contributed by atoms with Crippen LogP contribution < -0.4 is 10.6 Å². The van der Waals surface area contributed by atoms with Crippen LogP contribution in [-0.2, 0) is 11.3 Å². The van der Waals surface area contributed by atoms with Crippen molar-refractivity contribution in [2.75, 3.05) is 39.4 Å². The average molecular weight is 342 g/mol. The van der Waals surface area contributed by atoms with Crippen LogP contribution in [0.15, 0.2) is 28.7 Å². The zero-order chi connectivity index (χ0) is 14.2. The highest BCUT2D eigenvalue weighted by Crippen LogP contribution is 2.11. The number of urea groups is 1. The summed E-state index contributed by atoms with van der Waals surface area (Å²) in [6.45, 7) is 5.52. The zero-order valence-electron chi connectivity index (χ0n) is 11.4. The van der Waals surface area contributed by atoms with Crippen molar-refractivity contribution >= 4 is 22.0 Å². The van der Waals surface area contributed by atoms with E-state index in [9.17, 15) is 4.79 Å². The molecule has 0 atom stereocenters. The number of nitrogens with one attached hydrogen (secondary N) is 2. The minimum Gasteiger partial charge on any atom is -0.379 e. The Balaban J connectivity index is 1.60. The molecule has 1 saturated heterocycles. The molecule has 2 N–H and O–H groups in total. The summed E-state index contributed by atoms with van der Waals surface area (Å²) in [5.41, 5.74) is 1.07. The second-order valence-electron chi connectivity index (χ2n) is 4.69. The fourth-order valence-corrected chi connectivity index (χ4v) is 2.49. The Bertz CT molecular complexity index is 436. The molecular formula is C14H20BrN3O2. The number of hydrogen-bond acceptors (Lipinski definition) is 3. The first-order chi connectivity index (χ1) is 9.74. The van der Waals surface area contributed by atoms with Crippen LogP contribution in [-0.4, -0.2) is 50.3 Å². The number of nitrogens with zero attached hydrogens (tertiary/aromatic N) is 1. The zero-order valence-corrected chi connectivity index (χ0v) is 13.0. The summed E-state index contributed by atoms with van der Waals surface area (Å²) in [5.74, 6) is 0. The van der Waals surface area contributed by atoms with Crippen molar-refractivity contribution in [3.63, 3.8) is 0 Å². The second kappa shape index (κ2) is 8.24. The molecule has 1 aliphatic heterocycles. The molecule has 0 unspecified atom stereocenters. The lowest BCUT2D eigenvalue weighted by molar-refractivity contribution is 0.0387. The van der Waals surface area contributed by atoms with Gasteiger partial charge in [-0.25, -0.2) is 4.79 Å². The van der Waals surface area contributed by atoms with E-state index in [2.05, 4.69) is 31.5 Å². The number of benzene rings is 1. The Morgan fingerprint density at radius 2 is 2.10 bits per heavy atom. The lowest BCUT2D eigenvalue weighted by Gasteiger charge is -2.26. The van der Waals surface area contributed by atoms with Crippen molar-refractivity contribution < 1.29 is 9.53 Å². The number of hydrogen-bond donors (Lipinski definition) is 2. The van der Waals surface area contributed by atoms with Gasteiger partial charge in [-0.3, -0.25) is 4.90 Å². The van der Waals surface area contributed by atoms with Gasteiger partial charge in [0.2, 0.25) is 0 Å². The highest BCUT2D eigenvalue weighted by molar-refractivity contribution is 9.10. The number of halogens is 1. The molecule has 1 aliphatic rings. The van der Waals surface area contributed by atoms with Crippen LogP contribution >= 0.6 is 15.9 Å². The first-order valence-electron chi connectivity index (χ1n) is 6.80. The van der Waals surface area contributed by atoms with Crippen LogP contribution in [0.25, 0.3) is 0 Å². The van der Waals surface area contributed by atoms with Gasteiger partial charge in [-0.05, 0) is 17.7 Å². The molecule has 1 fully saturated rings. The Morgan fingerprint density at radius 1 is 1.30 bits per heavy atom. The van der Waals surface area contributed by atoms with Crippen molar-refractivity contribution in [2.45, 2.75) is 6.54 Å². The van der Waals surface area contributed by atoms with Crippen LogP contribution in [0.3, 0.4) is 0 Å².